The zero-order chi connectivity index (χ0) is 15.6. The Bertz CT molecular complexity index is 531. The summed E-state index contributed by atoms with van der Waals surface area (Å²) >= 11 is 1.48. The molecule has 1 aromatic heterocycles. The highest BCUT2D eigenvalue weighted by atomic mass is 32.1. The normalized spacial score (nSPS) is 16.5. The highest BCUT2D eigenvalue weighted by molar-refractivity contribution is 7.13. The van der Waals surface area contributed by atoms with E-state index in [9.17, 15) is 9.59 Å². The van der Waals surface area contributed by atoms with Crippen LogP contribution in [0.2, 0.25) is 0 Å². The summed E-state index contributed by atoms with van der Waals surface area (Å²) in [7, 11) is 0. The van der Waals surface area contributed by atoms with Crippen molar-refractivity contribution >= 4 is 23.2 Å². The second kappa shape index (κ2) is 6.56. The van der Waals surface area contributed by atoms with Crippen LogP contribution in [0.5, 0.6) is 0 Å². The molecule has 2 heterocycles. The Labute approximate surface area is 129 Å². The van der Waals surface area contributed by atoms with Crippen LogP contribution in [0.15, 0.2) is 0 Å². The van der Waals surface area contributed by atoms with E-state index in [2.05, 4.69) is 18.8 Å². The molecule has 1 amide bonds. The van der Waals surface area contributed by atoms with Crippen LogP contribution in [0, 0.1) is 18.8 Å². The standard InChI is InChI=1S/C15H22N2O3S/c1-9(2)8-12-16-10(3)13(21-12)14(18)17-6-4-11(5-7-17)15(19)20/h9,11H,4-8H2,1-3H3,(H,19,20). The van der Waals surface area contributed by atoms with Crippen molar-refractivity contribution < 1.29 is 14.7 Å². The molecule has 0 spiro atoms. The summed E-state index contributed by atoms with van der Waals surface area (Å²) < 4.78 is 0. The number of hydrogen-bond acceptors (Lipinski definition) is 4. The first-order chi connectivity index (χ1) is 9.88. The molecular formula is C15H22N2O3S. The lowest BCUT2D eigenvalue weighted by Crippen LogP contribution is -2.40. The second-order valence-corrected chi connectivity index (χ2v) is 7.11. The number of nitrogens with zero attached hydrogens (tertiary/aromatic N) is 2. The first kappa shape index (κ1) is 15.9. The van der Waals surface area contributed by atoms with Crippen LogP contribution in [-0.4, -0.2) is 40.0 Å². The first-order valence-corrected chi connectivity index (χ1v) is 8.18. The van der Waals surface area contributed by atoms with E-state index < -0.39 is 5.97 Å². The fourth-order valence-electron chi connectivity index (χ4n) is 2.56. The van der Waals surface area contributed by atoms with E-state index >= 15 is 0 Å². The maximum Gasteiger partial charge on any atom is 0.306 e. The lowest BCUT2D eigenvalue weighted by atomic mass is 9.97. The molecule has 1 aliphatic rings. The third-order valence-electron chi connectivity index (χ3n) is 3.75. The molecule has 6 heteroatoms. The molecule has 1 saturated heterocycles. The number of amides is 1. The van der Waals surface area contributed by atoms with Crippen molar-refractivity contribution in [3.63, 3.8) is 0 Å². The molecule has 0 aliphatic carbocycles. The van der Waals surface area contributed by atoms with Gasteiger partial charge in [0, 0.05) is 19.5 Å². The number of aromatic nitrogens is 1. The summed E-state index contributed by atoms with van der Waals surface area (Å²) in [6, 6.07) is 0. The van der Waals surface area contributed by atoms with Crippen molar-refractivity contribution in [2.75, 3.05) is 13.1 Å². The van der Waals surface area contributed by atoms with Gasteiger partial charge >= 0.3 is 5.97 Å². The van der Waals surface area contributed by atoms with Crippen molar-refractivity contribution in [1.29, 1.82) is 0 Å². The fraction of sp³-hybridized carbons (Fsp3) is 0.667. The van der Waals surface area contributed by atoms with Gasteiger partial charge in [0.15, 0.2) is 0 Å². The van der Waals surface area contributed by atoms with E-state index in [0.29, 0.717) is 36.7 Å². The van der Waals surface area contributed by atoms with Crippen LogP contribution >= 0.6 is 11.3 Å². The number of carboxylic acids is 1. The van der Waals surface area contributed by atoms with Gasteiger partial charge in [-0.1, -0.05) is 13.8 Å². The number of aryl methyl sites for hydroxylation is 1. The van der Waals surface area contributed by atoms with Gasteiger partial charge in [0.1, 0.15) is 4.88 Å². The van der Waals surface area contributed by atoms with E-state index in [1.807, 2.05) is 6.92 Å². The summed E-state index contributed by atoms with van der Waals surface area (Å²) in [4.78, 5) is 30.5. The van der Waals surface area contributed by atoms with Crippen LogP contribution in [0.25, 0.3) is 0 Å². The van der Waals surface area contributed by atoms with Gasteiger partial charge in [-0.15, -0.1) is 11.3 Å². The first-order valence-electron chi connectivity index (χ1n) is 7.37. The number of carbonyl (C=O) groups excluding carboxylic acids is 1. The maximum absolute atomic E-state index is 12.5. The molecule has 0 saturated carbocycles. The van der Waals surface area contributed by atoms with Crippen molar-refractivity contribution in [1.82, 2.24) is 9.88 Å². The monoisotopic (exact) mass is 310 g/mol. The van der Waals surface area contributed by atoms with E-state index in [1.165, 1.54) is 11.3 Å². The predicted octanol–water partition coefficient (Wildman–Crippen LogP) is 2.59. The Morgan fingerprint density at radius 1 is 1.38 bits per heavy atom. The Morgan fingerprint density at radius 2 is 2.00 bits per heavy atom. The van der Waals surface area contributed by atoms with Crippen molar-refractivity contribution in [2.45, 2.75) is 40.0 Å². The van der Waals surface area contributed by atoms with Gasteiger partial charge in [0.05, 0.1) is 16.6 Å². The van der Waals surface area contributed by atoms with Gasteiger partial charge in [-0.25, -0.2) is 4.98 Å². The Hall–Kier alpha value is -1.43. The number of hydrogen-bond donors (Lipinski definition) is 1. The molecule has 1 N–H and O–H groups in total. The number of piperidine rings is 1. The van der Waals surface area contributed by atoms with Crippen molar-refractivity contribution in [2.24, 2.45) is 11.8 Å². The number of rotatable bonds is 4. The molecular weight excluding hydrogens is 288 g/mol. The molecule has 0 radical (unpaired) electrons. The summed E-state index contributed by atoms with van der Waals surface area (Å²) in [6.45, 7) is 7.18. The number of aliphatic carboxylic acids is 1. The lowest BCUT2D eigenvalue weighted by molar-refractivity contribution is -0.143. The van der Waals surface area contributed by atoms with E-state index in [-0.39, 0.29) is 11.8 Å². The van der Waals surface area contributed by atoms with E-state index in [4.69, 9.17) is 5.11 Å². The third kappa shape index (κ3) is 3.81. The average Bonchev–Trinajstić information content (AvgIpc) is 2.78. The second-order valence-electron chi connectivity index (χ2n) is 6.02. The summed E-state index contributed by atoms with van der Waals surface area (Å²) in [5.41, 5.74) is 0.793. The maximum atomic E-state index is 12.5. The molecule has 5 nitrogen and oxygen atoms in total. The Kier molecular flexibility index (Phi) is 4.98. The summed E-state index contributed by atoms with van der Waals surface area (Å²) in [6.07, 6.45) is 1.97. The number of carboxylic acid groups (broad SMARTS) is 1. The highest BCUT2D eigenvalue weighted by Gasteiger charge is 2.29. The number of likely N-dealkylation sites (tertiary alicyclic amines) is 1. The van der Waals surface area contributed by atoms with E-state index in [1.54, 1.807) is 4.90 Å². The molecule has 1 fully saturated rings. The van der Waals surface area contributed by atoms with Gasteiger partial charge in [-0.3, -0.25) is 9.59 Å². The van der Waals surface area contributed by atoms with Crippen molar-refractivity contribution in [3.8, 4) is 0 Å². The van der Waals surface area contributed by atoms with Crippen LogP contribution in [0.4, 0.5) is 0 Å². The molecule has 1 aromatic rings. The van der Waals surface area contributed by atoms with Crippen molar-refractivity contribution in [3.05, 3.63) is 15.6 Å². The molecule has 0 unspecified atom stereocenters. The molecule has 0 atom stereocenters. The molecule has 21 heavy (non-hydrogen) atoms. The minimum absolute atomic E-state index is 0.00356. The largest absolute Gasteiger partial charge is 0.481 e. The van der Waals surface area contributed by atoms with Gasteiger partial charge in [-0.05, 0) is 25.7 Å². The minimum Gasteiger partial charge on any atom is -0.481 e. The van der Waals surface area contributed by atoms with Gasteiger partial charge in [0.2, 0.25) is 0 Å². The molecule has 2 rings (SSSR count). The van der Waals surface area contributed by atoms with Gasteiger partial charge in [0.25, 0.3) is 5.91 Å². The quantitative estimate of drug-likeness (QED) is 0.928. The smallest absolute Gasteiger partial charge is 0.306 e. The van der Waals surface area contributed by atoms with Crippen LogP contribution in [0.3, 0.4) is 0 Å². The predicted molar refractivity (Wildman–Crippen MR) is 81.7 cm³/mol. The topological polar surface area (TPSA) is 70.5 Å². The van der Waals surface area contributed by atoms with E-state index in [0.717, 1.165) is 17.1 Å². The molecule has 116 valence electrons. The minimum atomic E-state index is -0.754. The van der Waals surface area contributed by atoms with Crippen LogP contribution in [0.1, 0.15) is 47.1 Å². The van der Waals surface area contributed by atoms with Gasteiger partial charge < -0.3 is 10.0 Å². The molecule has 0 bridgehead atoms. The highest BCUT2D eigenvalue weighted by Crippen LogP contribution is 2.25. The summed E-state index contributed by atoms with van der Waals surface area (Å²) in [5.74, 6) is -0.544. The number of thiazole rings is 1. The Morgan fingerprint density at radius 3 is 2.52 bits per heavy atom. The molecule has 0 aromatic carbocycles. The third-order valence-corrected chi connectivity index (χ3v) is 4.92. The lowest BCUT2D eigenvalue weighted by Gasteiger charge is -2.29. The molecule has 1 aliphatic heterocycles. The average molecular weight is 310 g/mol. The number of carbonyl (C=O) groups is 2. The fourth-order valence-corrected chi connectivity index (χ4v) is 3.81. The zero-order valence-corrected chi connectivity index (χ0v) is 13.6. The SMILES string of the molecule is Cc1nc(CC(C)C)sc1C(=O)N1CCC(C(=O)O)CC1. The zero-order valence-electron chi connectivity index (χ0n) is 12.8. The summed E-state index contributed by atoms with van der Waals surface area (Å²) in [5, 5.41) is 10.0. The van der Waals surface area contributed by atoms with Gasteiger partial charge in [-0.2, -0.15) is 0 Å². The Balaban J connectivity index is 2.04. The van der Waals surface area contributed by atoms with Crippen LogP contribution in [-0.2, 0) is 11.2 Å². The van der Waals surface area contributed by atoms with Crippen LogP contribution < -0.4 is 0 Å².